The van der Waals surface area contributed by atoms with E-state index in [-0.39, 0.29) is 11.4 Å². The molecule has 3 rings (SSSR count). The standard InChI is InChI=1S/C17H13N7/c18-11-14(17-21-23-24-22-17)12-20-16-6-3-4-13(10-16)7-8-15-5-1-2-9-19-15/h1-10,12,20H,(H,21,22,23,24). The van der Waals surface area contributed by atoms with Crippen LogP contribution >= 0.6 is 0 Å². The van der Waals surface area contributed by atoms with Gasteiger partial charge in [0.05, 0.1) is 5.69 Å². The zero-order chi connectivity index (χ0) is 16.6. The summed E-state index contributed by atoms with van der Waals surface area (Å²) in [5.74, 6) is 0.246. The molecule has 3 aromatic rings. The van der Waals surface area contributed by atoms with Crippen LogP contribution in [-0.2, 0) is 0 Å². The Kier molecular flexibility index (Phi) is 4.70. The fourth-order valence-electron chi connectivity index (χ4n) is 1.97. The summed E-state index contributed by atoms with van der Waals surface area (Å²) in [7, 11) is 0. The van der Waals surface area contributed by atoms with Crippen LogP contribution in [0.1, 0.15) is 17.1 Å². The number of nitriles is 1. The Hall–Kier alpha value is -3.79. The summed E-state index contributed by atoms with van der Waals surface area (Å²) in [6, 6.07) is 15.6. The molecule has 0 fully saturated rings. The molecule has 0 bridgehead atoms. The molecular formula is C17H13N7. The molecular weight excluding hydrogens is 302 g/mol. The number of nitrogens with one attached hydrogen (secondary N) is 2. The highest BCUT2D eigenvalue weighted by Crippen LogP contribution is 2.15. The van der Waals surface area contributed by atoms with Crippen LogP contribution in [0.5, 0.6) is 0 Å². The summed E-state index contributed by atoms with van der Waals surface area (Å²) in [6.07, 6.45) is 7.22. The van der Waals surface area contributed by atoms with Gasteiger partial charge in [0.25, 0.3) is 0 Å². The van der Waals surface area contributed by atoms with E-state index in [1.54, 1.807) is 12.4 Å². The average molecular weight is 315 g/mol. The Labute approximate surface area is 138 Å². The second-order valence-electron chi connectivity index (χ2n) is 4.76. The van der Waals surface area contributed by atoms with E-state index in [9.17, 15) is 0 Å². The Morgan fingerprint density at radius 1 is 1.17 bits per heavy atom. The molecule has 7 heteroatoms. The molecule has 0 saturated heterocycles. The Bertz CT molecular complexity index is 890. The number of hydrogen-bond acceptors (Lipinski definition) is 6. The number of pyridine rings is 1. The summed E-state index contributed by atoms with van der Waals surface area (Å²) >= 11 is 0. The number of H-pyrrole nitrogens is 1. The van der Waals surface area contributed by atoms with E-state index in [1.807, 2.05) is 60.7 Å². The molecule has 0 aliphatic heterocycles. The molecule has 2 N–H and O–H groups in total. The first-order valence-corrected chi connectivity index (χ1v) is 7.15. The first-order chi connectivity index (χ1) is 11.8. The van der Waals surface area contributed by atoms with Crippen molar-refractivity contribution in [2.75, 3.05) is 5.32 Å². The molecule has 0 saturated carbocycles. The molecule has 24 heavy (non-hydrogen) atoms. The van der Waals surface area contributed by atoms with Crippen molar-refractivity contribution in [2.45, 2.75) is 0 Å². The van der Waals surface area contributed by atoms with Crippen LogP contribution in [0, 0.1) is 11.3 Å². The maximum absolute atomic E-state index is 9.14. The lowest BCUT2D eigenvalue weighted by Crippen LogP contribution is -1.93. The Balaban J connectivity index is 1.74. The van der Waals surface area contributed by atoms with Crippen LogP contribution in [0.4, 0.5) is 5.69 Å². The van der Waals surface area contributed by atoms with E-state index in [1.165, 1.54) is 0 Å². The molecule has 0 unspecified atom stereocenters. The van der Waals surface area contributed by atoms with E-state index in [4.69, 9.17) is 5.26 Å². The van der Waals surface area contributed by atoms with E-state index in [0.29, 0.717) is 0 Å². The van der Waals surface area contributed by atoms with Crippen molar-refractivity contribution >= 4 is 23.4 Å². The minimum atomic E-state index is 0.246. The van der Waals surface area contributed by atoms with Crippen molar-refractivity contribution in [1.29, 1.82) is 5.26 Å². The third-order valence-corrected chi connectivity index (χ3v) is 3.11. The van der Waals surface area contributed by atoms with Crippen LogP contribution in [0.15, 0.2) is 54.9 Å². The molecule has 0 aliphatic carbocycles. The van der Waals surface area contributed by atoms with Gasteiger partial charge < -0.3 is 5.32 Å². The lowest BCUT2D eigenvalue weighted by molar-refractivity contribution is 0.881. The molecule has 1 aromatic carbocycles. The van der Waals surface area contributed by atoms with Gasteiger partial charge >= 0.3 is 0 Å². The quantitative estimate of drug-likeness (QED) is 0.702. The zero-order valence-electron chi connectivity index (χ0n) is 12.6. The van der Waals surface area contributed by atoms with Crippen LogP contribution in [0.2, 0.25) is 0 Å². The fraction of sp³-hybridized carbons (Fsp3) is 0. The second-order valence-corrected chi connectivity index (χ2v) is 4.76. The van der Waals surface area contributed by atoms with Gasteiger partial charge in [0, 0.05) is 18.1 Å². The maximum Gasteiger partial charge on any atom is 0.216 e. The first-order valence-electron chi connectivity index (χ1n) is 7.15. The second kappa shape index (κ2) is 7.47. The van der Waals surface area contributed by atoms with Crippen molar-refractivity contribution < 1.29 is 0 Å². The van der Waals surface area contributed by atoms with Crippen molar-refractivity contribution in [2.24, 2.45) is 0 Å². The molecule has 2 heterocycles. The highest BCUT2D eigenvalue weighted by molar-refractivity contribution is 5.75. The third-order valence-electron chi connectivity index (χ3n) is 3.11. The predicted molar refractivity (Wildman–Crippen MR) is 91.0 cm³/mol. The van der Waals surface area contributed by atoms with E-state index >= 15 is 0 Å². The number of tetrazole rings is 1. The highest BCUT2D eigenvalue weighted by Gasteiger charge is 2.05. The monoisotopic (exact) mass is 315 g/mol. The minimum Gasteiger partial charge on any atom is -0.360 e. The lowest BCUT2D eigenvalue weighted by atomic mass is 10.1. The van der Waals surface area contributed by atoms with Crippen molar-refractivity contribution in [3.63, 3.8) is 0 Å². The third kappa shape index (κ3) is 3.90. The summed E-state index contributed by atoms with van der Waals surface area (Å²) < 4.78 is 0. The van der Waals surface area contributed by atoms with Gasteiger partial charge in [-0.2, -0.15) is 10.5 Å². The fourth-order valence-corrected chi connectivity index (χ4v) is 1.97. The average Bonchev–Trinajstić information content (AvgIpc) is 3.16. The molecule has 0 spiro atoms. The minimum absolute atomic E-state index is 0.246. The van der Waals surface area contributed by atoms with Crippen LogP contribution in [0.3, 0.4) is 0 Å². The van der Waals surface area contributed by atoms with Gasteiger partial charge in [-0.3, -0.25) is 4.98 Å². The van der Waals surface area contributed by atoms with E-state index in [2.05, 4.69) is 30.9 Å². The van der Waals surface area contributed by atoms with Gasteiger partial charge in [0.15, 0.2) is 0 Å². The summed E-state index contributed by atoms with van der Waals surface area (Å²) in [6.45, 7) is 0. The predicted octanol–water partition coefficient (Wildman–Crippen LogP) is 2.74. The Morgan fingerprint density at radius 2 is 2.12 bits per heavy atom. The number of allylic oxidation sites excluding steroid dienone is 1. The molecule has 0 amide bonds. The number of aromatic nitrogens is 5. The van der Waals surface area contributed by atoms with Gasteiger partial charge in [-0.15, -0.1) is 10.2 Å². The summed E-state index contributed by atoms with van der Waals surface area (Å²) in [4.78, 5) is 4.24. The largest absolute Gasteiger partial charge is 0.360 e. The molecule has 2 aromatic heterocycles. The molecule has 0 radical (unpaired) electrons. The molecule has 0 atom stereocenters. The number of benzene rings is 1. The SMILES string of the molecule is N#CC(=CNc1cccc(C=Cc2ccccn2)c1)c1nn[nH]n1. The number of hydrogen-bond donors (Lipinski definition) is 2. The summed E-state index contributed by atoms with van der Waals surface area (Å²) in [5.41, 5.74) is 3.03. The van der Waals surface area contributed by atoms with E-state index < -0.39 is 0 Å². The summed E-state index contributed by atoms with van der Waals surface area (Å²) in [5, 5.41) is 25.5. The number of nitrogens with zero attached hydrogens (tertiary/aromatic N) is 5. The topological polar surface area (TPSA) is 103 Å². The molecule has 0 aliphatic rings. The Morgan fingerprint density at radius 3 is 2.88 bits per heavy atom. The van der Waals surface area contributed by atoms with Gasteiger partial charge in [-0.1, -0.05) is 24.3 Å². The van der Waals surface area contributed by atoms with E-state index in [0.717, 1.165) is 16.9 Å². The van der Waals surface area contributed by atoms with Crippen molar-refractivity contribution in [3.8, 4) is 6.07 Å². The highest BCUT2D eigenvalue weighted by atomic mass is 15.5. The number of rotatable bonds is 5. The van der Waals surface area contributed by atoms with Gasteiger partial charge in [-0.05, 0) is 41.1 Å². The zero-order valence-corrected chi connectivity index (χ0v) is 12.6. The van der Waals surface area contributed by atoms with Crippen molar-refractivity contribution in [3.05, 3.63) is 71.9 Å². The van der Waals surface area contributed by atoms with Gasteiger partial charge in [0.2, 0.25) is 5.82 Å². The smallest absolute Gasteiger partial charge is 0.216 e. The maximum atomic E-state index is 9.14. The number of anilines is 1. The van der Waals surface area contributed by atoms with Crippen LogP contribution < -0.4 is 5.32 Å². The van der Waals surface area contributed by atoms with Gasteiger partial charge in [0.1, 0.15) is 11.6 Å². The molecule has 116 valence electrons. The lowest BCUT2D eigenvalue weighted by Gasteiger charge is -2.02. The molecule has 7 nitrogen and oxygen atoms in total. The normalized spacial score (nSPS) is 11.4. The van der Waals surface area contributed by atoms with Gasteiger partial charge in [-0.25, -0.2) is 0 Å². The van der Waals surface area contributed by atoms with Crippen LogP contribution in [0.25, 0.3) is 17.7 Å². The van der Waals surface area contributed by atoms with Crippen molar-refractivity contribution in [1.82, 2.24) is 25.6 Å². The number of aromatic amines is 1. The first kappa shape index (κ1) is 15.1. The van der Waals surface area contributed by atoms with Crippen LogP contribution in [-0.4, -0.2) is 25.6 Å².